The number of carboxylic acids is 1. The van der Waals surface area contributed by atoms with Crippen molar-refractivity contribution < 1.29 is 42.1 Å². The van der Waals surface area contributed by atoms with Crippen molar-refractivity contribution in [3.63, 3.8) is 0 Å². The number of carbonyl (C=O) groups excluding carboxylic acids is 1. The first-order valence-corrected chi connectivity index (χ1v) is 11.3. The number of pyridine rings is 1. The highest BCUT2D eigenvalue weighted by Gasteiger charge is 2.36. The standard InChI is InChI=1S/C26H27F3N2O6/c1-5-25(2,3)22(24(33)34)31-23(32)18-11-8-16-13-30-20(35-4)12-19(16)21(18)36-14-15-6-9-17(10-7-15)37-26(27,28)29/h6-13,22H,5,14H2,1-4H3,(H,31,32)(H,33,34). The number of ether oxygens (including phenoxy) is 3. The molecule has 11 heteroatoms. The maximum absolute atomic E-state index is 13.3. The smallest absolute Gasteiger partial charge is 0.487 e. The predicted molar refractivity (Wildman–Crippen MR) is 129 cm³/mol. The average molecular weight is 521 g/mol. The van der Waals surface area contributed by atoms with Crippen LogP contribution < -0.4 is 19.5 Å². The molecule has 0 radical (unpaired) electrons. The second kappa shape index (κ2) is 10.9. The number of amides is 1. The van der Waals surface area contributed by atoms with Crippen LogP contribution in [0.5, 0.6) is 17.4 Å². The number of aliphatic carboxylic acids is 1. The number of methoxy groups -OCH3 is 1. The Morgan fingerprint density at radius 3 is 2.35 bits per heavy atom. The molecular weight excluding hydrogens is 493 g/mol. The van der Waals surface area contributed by atoms with Crippen LogP contribution in [-0.2, 0) is 11.4 Å². The van der Waals surface area contributed by atoms with Gasteiger partial charge in [-0.3, -0.25) is 4.79 Å². The number of hydrogen-bond acceptors (Lipinski definition) is 6. The summed E-state index contributed by atoms with van der Waals surface area (Å²) in [7, 11) is 1.43. The third kappa shape index (κ3) is 6.81. The van der Waals surface area contributed by atoms with Gasteiger partial charge >= 0.3 is 12.3 Å². The zero-order valence-corrected chi connectivity index (χ0v) is 20.7. The molecule has 1 unspecified atom stereocenters. The molecule has 0 fully saturated rings. The number of alkyl halides is 3. The number of carboxylic acid groups (broad SMARTS) is 1. The molecule has 0 spiro atoms. The number of fused-ring (bicyclic) bond motifs is 1. The lowest BCUT2D eigenvalue weighted by molar-refractivity contribution is -0.274. The van der Waals surface area contributed by atoms with E-state index in [1.807, 2.05) is 6.92 Å². The van der Waals surface area contributed by atoms with E-state index in [0.29, 0.717) is 22.8 Å². The van der Waals surface area contributed by atoms with E-state index in [1.54, 1.807) is 26.0 Å². The van der Waals surface area contributed by atoms with Crippen molar-refractivity contribution >= 4 is 22.6 Å². The summed E-state index contributed by atoms with van der Waals surface area (Å²) >= 11 is 0. The van der Waals surface area contributed by atoms with Gasteiger partial charge in [0.15, 0.2) is 0 Å². The lowest BCUT2D eigenvalue weighted by Gasteiger charge is -2.31. The summed E-state index contributed by atoms with van der Waals surface area (Å²) in [5.41, 5.74) is -0.141. The molecular formula is C26H27F3N2O6. The Morgan fingerprint density at radius 2 is 1.78 bits per heavy atom. The monoisotopic (exact) mass is 520 g/mol. The van der Waals surface area contributed by atoms with E-state index in [-0.39, 0.29) is 29.5 Å². The van der Waals surface area contributed by atoms with E-state index < -0.39 is 29.7 Å². The van der Waals surface area contributed by atoms with Crippen molar-refractivity contribution in [2.24, 2.45) is 5.41 Å². The Hall–Kier alpha value is -4.02. The number of nitrogens with one attached hydrogen (secondary N) is 1. The van der Waals surface area contributed by atoms with Crippen LogP contribution >= 0.6 is 0 Å². The summed E-state index contributed by atoms with van der Waals surface area (Å²) in [6.45, 7) is 5.22. The lowest BCUT2D eigenvalue weighted by atomic mass is 9.81. The van der Waals surface area contributed by atoms with Crippen LogP contribution in [0.4, 0.5) is 13.2 Å². The molecule has 37 heavy (non-hydrogen) atoms. The molecule has 3 aromatic rings. The van der Waals surface area contributed by atoms with Gasteiger partial charge in [-0.05, 0) is 35.6 Å². The number of carbonyl (C=O) groups is 2. The fourth-order valence-electron chi connectivity index (χ4n) is 3.56. The lowest BCUT2D eigenvalue weighted by Crippen LogP contribution is -2.50. The molecule has 198 valence electrons. The van der Waals surface area contributed by atoms with Gasteiger partial charge in [-0.25, -0.2) is 9.78 Å². The molecule has 1 heterocycles. The van der Waals surface area contributed by atoms with Crippen LogP contribution in [-0.4, -0.2) is 41.5 Å². The second-order valence-corrected chi connectivity index (χ2v) is 8.96. The predicted octanol–water partition coefficient (Wildman–Crippen LogP) is 5.34. The topological polar surface area (TPSA) is 107 Å². The Bertz CT molecular complexity index is 1280. The van der Waals surface area contributed by atoms with Crippen LogP contribution in [0, 0.1) is 5.41 Å². The molecule has 0 aliphatic rings. The molecule has 1 amide bonds. The summed E-state index contributed by atoms with van der Waals surface area (Å²) < 4.78 is 52.4. The van der Waals surface area contributed by atoms with Crippen molar-refractivity contribution in [3.8, 4) is 17.4 Å². The van der Waals surface area contributed by atoms with Crippen LogP contribution in [0.2, 0.25) is 0 Å². The van der Waals surface area contributed by atoms with Crippen molar-refractivity contribution in [2.45, 2.75) is 46.2 Å². The first-order valence-electron chi connectivity index (χ1n) is 11.3. The van der Waals surface area contributed by atoms with Crippen molar-refractivity contribution in [1.29, 1.82) is 0 Å². The molecule has 0 aliphatic carbocycles. The number of halogens is 3. The van der Waals surface area contributed by atoms with Gasteiger partial charge in [0.2, 0.25) is 5.88 Å². The molecule has 1 atom stereocenters. The first kappa shape index (κ1) is 27.6. The summed E-state index contributed by atoms with van der Waals surface area (Å²) in [5.74, 6) is -1.80. The highest BCUT2D eigenvalue weighted by atomic mass is 19.4. The molecule has 0 saturated heterocycles. The molecule has 0 saturated carbocycles. The molecule has 8 nitrogen and oxygen atoms in total. The van der Waals surface area contributed by atoms with E-state index in [9.17, 15) is 27.9 Å². The Morgan fingerprint density at radius 1 is 1.11 bits per heavy atom. The fraction of sp³-hybridized carbons (Fsp3) is 0.346. The van der Waals surface area contributed by atoms with Crippen molar-refractivity contribution in [3.05, 3.63) is 59.8 Å². The number of nitrogens with zero attached hydrogens (tertiary/aromatic N) is 1. The van der Waals surface area contributed by atoms with Gasteiger partial charge in [0, 0.05) is 23.0 Å². The normalized spacial score (nSPS) is 12.6. The zero-order chi connectivity index (χ0) is 27.4. The van der Waals surface area contributed by atoms with Crippen molar-refractivity contribution in [1.82, 2.24) is 10.3 Å². The van der Waals surface area contributed by atoms with E-state index in [2.05, 4.69) is 15.0 Å². The number of hydrogen-bond donors (Lipinski definition) is 2. The van der Waals surface area contributed by atoms with Gasteiger partial charge in [-0.15, -0.1) is 13.2 Å². The van der Waals surface area contributed by atoms with Crippen LogP contribution in [0.3, 0.4) is 0 Å². The van der Waals surface area contributed by atoms with E-state index >= 15 is 0 Å². The van der Waals surface area contributed by atoms with Gasteiger partial charge in [-0.2, -0.15) is 0 Å². The van der Waals surface area contributed by atoms with Gasteiger partial charge in [-0.1, -0.05) is 39.0 Å². The summed E-state index contributed by atoms with van der Waals surface area (Å²) in [4.78, 5) is 29.4. The maximum Gasteiger partial charge on any atom is 0.573 e. The minimum absolute atomic E-state index is 0.0796. The van der Waals surface area contributed by atoms with Crippen LogP contribution in [0.25, 0.3) is 10.8 Å². The Balaban J connectivity index is 1.97. The summed E-state index contributed by atoms with van der Waals surface area (Å²) in [6.07, 6.45) is -2.77. The summed E-state index contributed by atoms with van der Waals surface area (Å²) in [6, 6.07) is 8.66. The number of aromatic nitrogens is 1. The minimum Gasteiger partial charge on any atom is -0.487 e. The van der Waals surface area contributed by atoms with Gasteiger partial charge in [0.05, 0.1) is 12.7 Å². The van der Waals surface area contributed by atoms with Gasteiger partial charge in [0.1, 0.15) is 24.1 Å². The molecule has 1 aromatic heterocycles. The van der Waals surface area contributed by atoms with E-state index in [0.717, 1.165) is 12.1 Å². The number of benzene rings is 2. The van der Waals surface area contributed by atoms with Crippen LogP contribution in [0.1, 0.15) is 43.1 Å². The highest BCUT2D eigenvalue weighted by molar-refractivity contribution is 6.05. The quantitative estimate of drug-likeness (QED) is 0.372. The minimum atomic E-state index is -4.81. The molecule has 2 aromatic carbocycles. The molecule has 0 bridgehead atoms. The summed E-state index contributed by atoms with van der Waals surface area (Å²) in [5, 5.41) is 13.4. The van der Waals surface area contributed by atoms with E-state index in [4.69, 9.17) is 9.47 Å². The van der Waals surface area contributed by atoms with Gasteiger partial charge in [0.25, 0.3) is 5.91 Å². The zero-order valence-electron chi connectivity index (χ0n) is 20.7. The SMILES string of the molecule is CCC(C)(C)C(NC(=O)c1ccc2cnc(OC)cc2c1OCc1ccc(OC(F)(F)F)cc1)C(=O)O. The Labute approximate surface area is 211 Å². The third-order valence-electron chi connectivity index (χ3n) is 6.04. The molecule has 2 N–H and O–H groups in total. The molecule has 0 aliphatic heterocycles. The second-order valence-electron chi connectivity index (χ2n) is 8.96. The van der Waals surface area contributed by atoms with Crippen LogP contribution in [0.15, 0.2) is 48.7 Å². The fourth-order valence-corrected chi connectivity index (χ4v) is 3.56. The average Bonchev–Trinajstić information content (AvgIpc) is 2.84. The van der Waals surface area contributed by atoms with Crippen molar-refractivity contribution in [2.75, 3.05) is 7.11 Å². The van der Waals surface area contributed by atoms with E-state index in [1.165, 1.54) is 31.5 Å². The molecule has 3 rings (SSSR count). The van der Waals surface area contributed by atoms with Gasteiger partial charge < -0.3 is 24.6 Å². The number of rotatable bonds is 10. The highest BCUT2D eigenvalue weighted by Crippen LogP contribution is 2.34. The Kier molecular flexibility index (Phi) is 8.15. The maximum atomic E-state index is 13.3. The first-order chi connectivity index (χ1) is 17.3. The largest absolute Gasteiger partial charge is 0.573 e. The third-order valence-corrected chi connectivity index (χ3v) is 6.04.